The van der Waals surface area contributed by atoms with E-state index in [9.17, 15) is 4.79 Å². The Bertz CT molecular complexity index is 872. The summed E-state index contributed by atoms with van der Waals surface area (Å²) in [5.74, 6) is 0.623. The van der Waals surface area contributed by atoms with Crippen LogP contribution in [0.4, 0.5) is 16.4 Å². The molecule has 8 nitrogen and oxygen atoms in total. The Hall–Kier alpha value is -3.31. The van der Waals surface area contributed by atoms with E-state index in [2.05, 4.69) is 15.3 Å². The third kappa shape index (κ3) is 3.62. The summed E-state index contributed by atoms with van der Waals surface area (Å²) in [5.41, 5.74) is 0.759. The van der Waals surface area contributed by atoms with Crippen LogP contribution in [0, 0.1) is 11.3 Å². The van der Waals surface area contributed by atoms with E-state index in [4.69, 9.17) is 26.3 Å². The lowest BCUT2D eigenvalue weighted by atomic mass is 10.3. The molecule has 0 aliphatic carbocycles. The van der Waals surface area contributed by atoms with Gasteiger partial charge in [-0.25, -0.2) is 14.8 Å². The Kier molecular flexibility index (Phi) is 4.68. The van der Waals surface area contributed by atoms with Gasteiger partial charge in [0, 0.05) is 19.3 Å². The highest BCUT2D eigenvalue weighted by molar-refractivity contribution is 6.32. The molecular formula is C16H12ClN5O3. The summed E-state index contributed by atoms with van der Waals surface area (Å²) in [6.07, 6.45) is 3.51. The number of carbonyl (C=O) groups excluding carboxylic acids is 1. The van der Waals surface area contributed by atoms with Crippen molar-refractivity contribution in [1.82, 2.24) is 9.97 Å². The molecule has 0 saturated carbocycles. The summed E-state index contributed by atoms with van der Waals surface area (Å²) in [6, 6.07) is 7.98. The number of nitriles is 1. The van der Waals surface area contributed by atoms with Crippen LogP contribution in [0.1, 0.15) is 17.5 Å². The lowest BCUT2D eigenvalue weighted by Crippen LogP contribution is -2.32. The number of pyridine rings is 2. The molecule has 0 spiro atoms. The monoisotopic (exact) mass is 357 g/mol. The Morgan fingerprint density at radius 3 is 2.84 bits per heavy atom. The van der Waals surface area contributed by atoms with Crippen LogP contribution in [0.2, 0.25) is 5.02 Å². The number of amides is 2. The first-order valence-corrected chi connectivity index (χ1v) is 7.49. The highest BCUT2D eigenvalue weighted by atomic mass is 35.5. The minimum atomic E-state index is -0.629. The molecule has 0 bridgehead atoms. The molecule has 0 saturated heterocycles. The van der Waals surface area contributed by atoms with Crippen LogP contribution in [0.3, 0.4) is 0 Å². The quantitative estimate of drug-likeness (QED) is 0.905. The number of nitrogens with one attached hydrogen (secondary N) is 1. The fourth-order valence-corrected chi connectivity index (χ4v) is 2.21. The van der Waals surface area contributed by atoms with E-state index in [1.807, 2.05) is 6.07 Å². The molecule has 2 aromatic rings. The van der Waals surface area contributed by atoms with Gasteiger partial charge in [-0.1, -0.05) is 17.7 Å². The number of ether oxygens (including phenoxy) is 2. The molecule has 3 heterocycles. The Balaban J connectivity index is 1.73. The molecule has 0 atom stereocenters. The van der Waals surface area contributed by atoms with Crippen LogP contribution in [0.25, 0.3) is 0 Å². The van der Waals surface area contributed by atoms with E-state index in [1.54, 1.807) is 25.2 Å². The first-order valence-electron chi connectivity index (χ1n) is 7.12. The maximum absolute atomic E-state index is 12.4. The van der Waals surface area contributed by atoms with Crippen molar-refractivity contribution in [3.63, 3.8) is 0 Å². The molecule has 0 unspecified atom stereocenters. The predicted octanol–water partition coefficient (Wildman–Crippen LogP) is 3.19. The van der Waals surface area contributed by atoms with Gasteiger partial charge >= 0.3 is 6.03 Å². The zero-order valence-corrected chi connectivity index (χ0v) is 13.8. The van der Waals surface area contributed by atoms with Crippen LogP contribution in [0.5, 0.6) is 0 Å². The van der Waals surface area contributed by atoms with Crippen LogP contribution in [0.15, 0.2) is 43.0 Å². The summed E-state index contributed by atoms with van der Waals surface area (Å²) in [6.45, 7) is 0. The molecule has 0 radical (unpaired) electrons. The molecule has 3 rings (SSSR count). The van der Waals surface area contributed by atoms with Gasteiger partial charge in [-0.3, -0.25) is 10.2 Å². The van der Waals surface area contributed by atoms with Gasteiger partial charge in [-0.15, -0.1) is 0 Å². The van der Waals surface area contributed by atoms with E-state index in [-0.39, 0.29) is 16.4 Å². The second kappa shape index (κ2) is 7.07. The van der Waals surface area contributed by atoms with Crippen molar-refractivity contribution in [3.05, 3.63) is 59.3 Å². The molecule has 1 aliphatic heterocycles. The number of aromatic nitrogens is 2. The number of rotatable bonds is 3. The molecule has 25 heavy (non-hydrogen) atoms. The van der Waals surface area contributed by atoms with Crippen LogP contribution in [-0.2, 0) is 9.47 Å². The smallest absolute Gasteiger partial charge is 0.328 e. The maximum atomic E-state index is 12.4. The summed E-state index contributed by atoms with van der Waals surface area (Å²) in [5, 5.41) is 11.6. The van der Waals surface area contributed by atoms with E-state index >= 15 is 0 Å². The van der Waals surface area contributed by atoms with Crippen LogP contribution >= 0.6 is 11.6 Å². The lowest BCUT2D eigenvalue weighted by Gasteiger charge is -2.18. The van der Waals surface area contributed by atoms with E-state index in [0.29, 0.717) is 11.5 Å². The second-order valence-corrected chi connectivity index (χ2v) is 5.35. The van der Waals surface area contributed by atoms with Gasteiger partial charge in [0.1, 0.15) is 35.9 Å². The van der Waals surface area contributed by atoms with Crippen molar-refractivity contribution in [2.45, 2.75) is 6.29 Å². The molecule has 1 aliphatic rings. The first-order chi connectivity index (χ1) is 12.1. The van der Waals surface area contributed by atoms with Gasteiger partial charge in [0.2, 0.25) is 0 Å². The van der Waals surface area contributed by atoms with Crippen LogP contribution < -0.4 is 10.2 Å². The zero-order valence-electron chi connectivity index (χ0n) is 13.0. The average molecular weight is 358 g/mol. The Morgan fingerprint density at radius 1 is 1.40 bits per heavy atom. The molecule has 126 valence electrons. The van der Waals surface area contributed by atoms with Gasteiger partial charge in [0.05, 0.1) is 10.6 Å². The highest BCUT2D eigenvalue weighted by Gasteiger charge is 2.20. The van der Waals surface area contributed by atoms with Crippen molar-refractivity contribution < 1.29 is 14.3 Å². The summed E-state index contributed by atoms with van der Waals surface area (Å²) in [7, 11) is 1.56. The predicted molar refractivity (Wildman–Crippen MR) is 89.7 cm³/mol. The molecule has 2 amide bonds. The van der Waals surface area contributed by atoms with Gasteiger partial charge in [0.25, 0.3) is 6.29 Å². The third-order valence-corrected chi connectivity index (χ3v) is 3.63. The number of carbonyl (C=O) groups is 1. The number of nitrogens with zero attached hydrogens (tertiary/aromatic N) is 4. The Labute approximate surface area is 148 Å². The summed E-state index contributed by atoms with van der Waals surface area (Å²) >= 11 is 5.93. The minimum Gasteiger partial charge on any atom is -0.454 e. The SMILES string of the molecule is CN(C(=O)Nc1cc(Cl)c(C#N)cn1)c1cccc(C2OC=CO2)n1. The minimum absolute atomic E-state index is 0.207. The molecular weight excluding hydrogens is 346 g/mol. The van der Waals surface area contributed by atoms with E-state index < -0.39 is 12.3 Å². The van der Waals surface area contributed by atoms with Crippen molar-refractivity contribution in [3.8, 4) is 6.07 Å². The fraction of sp³-hybridized carbons (Fsp3) is 0.125. The van der Waals surface area contributed by atoms with Crippen LogP contribution in [-0.4, -0.2) is 23.0 Å². The van der Waals surface area contributed by atoms with Crippen molar-refractivity contribution in [2.75, 3.05) is 17.3 Å². The largest absolute Gasteiger partial charge is 0.454 e. The fourth-order valence-electron chi connectivity index (χ4n) is 2.01. The molecule has 9 heteroatoms. The number of urea groups is 1. The standard InChI is InChI=1S/C16H12ClN5O3/c1-22(14-4-2-3-12(20-14)15-24-5-6-25-15)16(23)21-13-7-11(17)10(8-18)9-19-13/h2-7,9,15H,1H3,(H,19,21,23). The number of hydrogen-bond acceptors (Lipinski definition) is 6. The second-order valence-electron chi connectivity index (χ2n) is 4.95. The van der Waals surface area contributed by atoms with Gasteiger partial charge in [-0.2, -0.15) is 5.26 Å². The third-order valence-electron chi connectivity index (χ3n) is 3.31. The van der Waals surface area contributed by atoms with Crippen molar-refractivity contribution in [2.24, 2.45) is 0 Å². The number of halogens is 1. The molecule has 1 N–H and O–H groups in total. The normalized spacial score (nSPS) is 12.8. The van der Waals surface area contributed by atoms with E-state index in [0.717, 1.165) is 0 Å². The molecule has 0 aromatic carbocycles. The molecule has 2 aromatic heterocycles. The van der Waals surface area contributed by atoms with Crippen molar-refractivity contribution in [1.29, 1.82) is 5.26 Å². The maximum Gasteiger partial charge on any atom is 0.328 e. The molecule has 0 fully saturated rings. The van der Waals surface area contributed by atoms with Gasteiger partial charge < -0.3 is 9.47 Å². The summed E-state index contributed by atoms with van der Waals surface area (Å²) in [4.78, 5) is 22.0. The van der Waals surface area contributed by atoms with E-state index in [1.165, 1.54) is 29.7 Å². The zero-order chi connectivity index (χ0) is 17.8. The number of hydrogen-bond donors (Lipinski definition) is 1. The van der Waals surface area contributed by atoms with Crippen molar-refractivity contribution >= 4 is 29.3 Å². The summed E-state index contributed by atoms with van der Waals surface area (Å²) < 4.78 is 10.5. The number of anilines is 2. The highest BCUT2D eigenvalue weighted by Crippen LogP contribution is 2.24. The van der Waals surface area contributed by atoms with Gasteiger partial charge in [-0.05, 0) is 12.1 Å². The lowest BCUT2D eigenvalue weighted by molar-refractivity contribution is -0.0278. The first kappa shape index (κ1) is 16.5. The Morgan fingerprint density at radius 2 is 2.16 bits per heavy atom. The van der Waals surface area contributed by atoms with Gasteiger partial charge in [0.15, 0.2) is 0 Å². The topological polar surface area (TPSA) is 100 Å². The average Bonchev–Trinajstić information content (AvgIpc) is 3.16.